The number of rotatable bonds is 4. The molecule has 1 aromatic rings. The normalized spacial score (nSPS) is 17.7. The summed E-state index contributed by atoms with van der Waals surface area (Å²) in [4.78, 5) is 11.9. The maximum absolute atomic E-state index is 12.7. The van der Waals surface area contributed by atoms with Crippen LogP contribution in [0.1, 0.15) is 36.0 Å². The Morgan fingerprint density at radius 1 is 1.28 bits per heavy atom. The van der Waals surface area contributed by atoms with Gasteiger partial charge in [-0.3, -0.25) is 4.79 Å². The van der Waals surface area contributed by atoms with Crippen molar-refractivity contribution in [2.45, 2.75) is 25.7 Å². The van der Waals surface area contributed by atoms with Gasteiger partial charge in [0.1, 0.15) is 5.82 Å². The van der Waals surface area contributed by atoms with Gasteiger partial charge in [-0.05, 0) is 37.1 Å². The van der Waals surface area contributed by atoms with Gasteiger partial charge in [0, 0.05) is 23.4 Å². The van der Waals surface area contributed by atoms with Gasteiger partial charge in [-0.1, -0.05) is 12.8 Å². The minimum Gasteiger partial charge on any atom is -0.351 e. The molecule has 18 heavy (non-hydrogen) atoms. The summed E-state index contributed by atoms with van der Waals surface area (Å²) in [5.41, 5.74) is 0.538. The van der Waals surface area contributed by atoms with Crippen LogP contribution in [0.3, 0.4) is 0 Å². The molecule has 1 N–H and O–H groups in total. The molecule has 1 fully saturated rings. The van der Waals surface area contributed by atoms with Crippen LogP contribution in [0.4, 0.5) is 4.39 Å². The maximum atomic E-state index is 12.7. The van der Waals surface area contributed by atoms with Gasteiger partial charge < -0.3 is 5.32 Å². The molecule has 1 aliphatic rings. The Morgan fingerprint density at radius 3 is 2.44 bits per heavy atom. The molecule has 0 bridgehead atoms. The first-order valence-electron chi connectivity index (χ1n) is 6.25. The highest BCUT2D eigenvalue weighted by Gasteiger charge is 2.33. The number of hydrogen-bond donors (Lipinski definition) is 1. The second-order valence-electron chi connectivity index (χ2n) is 5.03. The number of carbonyl (C=O) groups excluding carboxylic acids is 1. The monoisotopic (exact) mass is 269 g/mol. The van der Waals surface area contributed by atoms with Crippen LogP contribution < -0.4 is 5.32 Å². The molecule has 1 aromatic carbocycles. The van der Waals surface area contributed by atoms with E-state index in [4.69, 9.17) is 11.6 Å². The zero-order valence-corrected chi connectivity index (χ0v) is 11.0. The molecule has 0 atom stereocenters. The van der Waals surface area contributed by atoms with E-state index in [0.29, 0.717) is 18.0 Å². The molecule has 0 spiro atoms. The smallest absolute Gasteiger partial charge is 0.251 e. The Morgan fingerprint density at radius 2 is 1.89 bits per heavy atom. The minimum absolute atomic E-state index is 0.0528. The van der Waals surface area contributed by atoms with Crippen LogP contribution >= 0.6 is 11.6 Å². The average Bonchev–Trinajstić information content (AvgIpc) is 2.86. The SMILES string of the molecule is O=C(NCC1(CCl)CCCC1)c1ccc(F)cc1. The Kier molecular flexibility index (Phi) is 4.23. The summed E-state index contributed by atoms with van der Waals surface area (Å²) in [6, 6.07) is 5.57. The van der Waals surface area contributed by atoms with E-state index in [1.165, 1.54) is 37.1 Å². The molecule has 1 aliphatic carbocycles. The van der Waals surface area contributed by atoms with E-state index in [-0.39, 0.29) is 17.1 Å². The Bertz CT molecular complexity index is 412. The summed E-state index contributed by atoms with van der Waals surface area (Å²) >= 11 is 6.01. The molecule has 1 saturated carbocycles. The molecule has 4 heteroatoms. The highest BCUT2D eigenvalue weighted by molar-refractivity contribution is 6.18. The third-order valence-corrected chi connectivity index (χ3v) is 4.24. The van der Waals surface area contributed by atoms with Crippen molar-refractivity contribution in [2.24, 2.45) is 5.41 Å². The molecule has 2 rings (SSSR count). The predicted octanol–water partition coefficient (Wildman–Crippen LogP) is 3.35. The van der Waals surface area contributed by atoms with E-state index in [2.05, 4.69) is 5.32 Å². The van der Waals surface area contributed by atoms with Gasteiger partial charge in [0.05, 0.1) is 0 Å². The van der Waals surface area contributed by atoms with Gasteiger partial charge in [0.15, 0.2) is 0 Å². The standard InChI is InChI=1S/C14H17ClFNO/c15-9-14(7-1-2-8-14)10-17-13(18)11-3-5-12(16)6-4-11/h3-6H,1-2,7-10H2,(H,17,18). The van der Waals surface area contributed by atoms with Crippen molar-refractivity contribution >= 4 is 17.5 Å². The van der Waals surface area contributed by atoms with E-state index < -0.39 is 0 Å². The summed E-state index contributed by atoms with van der Waals surface area (Å²) < 4.78 is 12.7. The zero-order valence-electron chi connectivity index (χ0n) is 10.2. The first-order valence-corrected chi connectivity index (χ1v) is 6.78. The van der Waals surface area contributed by atoms with Gasteiger partial charge in [-0.25, -0.2) is 4.39 Å². The molecule has 0 radical (unpaired) electrons. The lowest BCUT2D eigenvalue weighted by atomic mass is 9.88. The van der Waals surface area contributed by atoms with E-state index in [1.807, 2.05) is 0 Å². The predicted molar refractivity (Wildman–Crippen MR) is 70.4 cm³/mol. The zero-order chi connectivity index (χ0) is 13.0. The fraction of sp³-hybridized carbons (Fsp3) is 0.500. The lowest BCUT2D eigenvalue weighted by molar-refractivity contribution is 0.0935. The maximum Gasteiger partial charge on any atom is 0.251 e. The third-order valence-electron chi connectivity index (χ3n) is 3.68. The van der Waals surface area contributed by atoms with Crippen LogP contribution in [-0.2, 0) is 0 Å². The van der Waals surface area contributed by atoms with Gasteiger partial charge in [0.25, 0.3) is 5.91 Å². The first kappa shape index (κ1) is 13.3. The van der Waals surface area contributed by atoms with Gasteiger partial charge >= 0.3 is 0 Å². The summed E-state index contributed by atoms with van der Waals surface area (Å²) in [6.07, 6.45) is 4.50. The van der Waals surface area contributed by atoms with Crippen LogP contribution in [0.15, 0.2) is 24.3 Å². The molecular weight excluding hydrogens is 253 g/mol. The number of carbonyl (C=O) groups is 1. The number of benzene rings is 1. The molecule has 1 amide bonds. The average molecular weight is 270 g/mol. The lowest BCUT2D eigenvalue weighted by Crippen LogP contribution is -2.37. The van der Waals surface area contributed by atoms with Crippen LogP contribution in [0.5, 0.6) is 0 Å². The fourth-order valence-electron chi connectivity index (χ4n) is 2.45. The third kappa shape index (κ3) is 3.02. The first-order chi connectivity index (χ1) is 8.65. The largest absolute Gasteiger partial charge is 0.351 e. The Hall–Kier alpha value is -1.09. The van der Waals surface area contributed by atoms with Crippen molar-refractivity contribution in [1.82, 2.24) is 5.32 Å². The van der Waals surface area contributed by atoms with E-state index >= 15 is 0 Å². The molecule has 0 heterocycles. The van der Waals surface area contributed by atoms with E-state index in [9.17, 15) is 9.18 Å². The van der Waals surface area contributed by atoms with Gasteiger partial charge in [-0.15, -0.1) is 11.6 Å². The van der Waals surface area contributed by atoms with Crippen molar-refractivity contribution in [3.8, 4) is 0 Å². The van der Waals surface area contributed by atoms with E-state index in [0.717, 1.165) is 12.8 Å². The van der Waals surface area contributed by atoms with Gasteiger partial charge in [-0.2, -0.15) is 0 Å². The van der Waals surface area contributed by atoms with E-state index in [1.54, 1.807) is 0 Å². The Labute approximate surface area is 112 Å². The molecule has 0 aliphatic heterocycles. The van der Waals surface area contributed by atoms with Crippen molar-refractivity contribution in [1.29, 1.82) is 0 Å². The highest BCUT2D eigenvalue weighted by Crippen LogP contribution is 2.38. The number of alkyl halides is 1. The summed E-state index contributed by atoms with van der Waals surface area (Å²) in [5.74, 6) is 0.0856. The second-order valence-corrected chi connectivity index (χ2v) is 5.30. The van der Waals surface area contributed by atoms with Crippen LogP contribution in [0.2, 0.25) is 0 Å². The van der Waals surface area contributed by atoms with Crippen molar-refractivity contribution in [2.75, 3.05) is 12.4 Å². The fourth-order valence-corrected chi connectivity index (χ4v) is 2.82. The summed E-state index contributed by atoms with van der Waals surface area (Å²) in [6.45, 7) is 0.604. The van der Waals surface area contributed by atoms with Crippen LogP contribution in [0, 0.1) is 11.2 Å². The number of nitrogens with one attached hydrogen (secondary N) is 1. The van der Waals surface area contributed by atoms with Crippen LogP contribution in [-0.4, -0.2) is 18.3 Å². The van der Waals surface area contributed by atoms with Crippen molar-refractivity contribution in [3.63, 3.8) is 0 Å². The quantitative estimate of drug-likeness (QED) is 0.835. The number of hydrogen-bond acceptors (Lipinski definition) is 1. The summed E-state index contributed by atoms with van der Waals surface area (Å²) in [7, 11) is 0. The van der Waals surface area contributed by atoms with Crippen molar-refractivity contribution < 1.29 is 9.18 Å². The number of amides is 1. The topological polar surface area (TPSA) is 29.1 Å². The highest BCUT2D eigenvalue weighted by atomic mass is 35.5. The molecule has 98 valence electrons. The lowest BCUT2D eigenvalue weighted by Gasteiger charge is -2.26. The molecule has 2 nitrogen and oxygen atoms in total. The van der Waals surface area contributed by atoms with Gasteiger partial charge in [0.2, 0.25) is 0 Å². The minimum atomic E-state index is -0.334. The Balaban J connectivity index is 1.93. The van der Waals surface area contributed by atoms with Crippen LogP contribution in [0.25, 0.3) is 0 Å². The molecule has 0 saturated heterocycles. The molecule has 0 unspecified atom stereocenters. The molecular formula is C14H17ClFNO. The second kappa shape index (κ2) is 5.70. The van der Waals surface area contributed by atoms with Crippen molar-refractivity contribution in [3.05, 3.63) is 35.6 Å². The number of halogens is 2. The molecule has 0 aromatic heterocycles. The summed E-state index contributed by atoms with van der Waals surface area (Å²) in [5, 5.41) is 2.91.